The summed E-state index contributed by atoms with van der Waals surface area (Å²) in [5, 5.41) is 2.75. The van der Waals surface area contributed by atoms with Crippen LogP contribution in [-0.2, 0) is 0 Å². The second kappa shape index (κ2) is 5.67. The summed E-state index contributed by atoms with van der Waals surface area (Å²) in [6.45, 7) is 0.666. The molecule has 0 bridgehead atoms. The van der Waals surface area contributed by atoms with E-state index in [0.29, 0.717) is 17.5 Å². The molecule has 1 aliphatic heterocycles. The summed E-state index contributed by atoms with van der Waals surface area (Å²) in [6, 6.07) is 8.02. The Morgan fingerprint density at radius 3 is 2.80 bits per heavy atom. The normalized spacial score (nSPS) is 18.4. The van der Waals surface area contributed by atoms with Crippen molar-refractivity contribution in [2.45, 2.75) is 6.04 Å². The van der Waals surface area contributed by atoms with Crippen LogP contribution in [0, 0.1) is 0 Å². The quantitative estimate of drug-likeness (QED) is 0.736. The Balaban J connectivity index is 1.99. The van der Waals surface area contributed by atoms with Gasteiger partial charge in [-0.25, -0.2) is 0 Å². The van der Waals surface area contributed by atoms with Crippen LogP contribution >= 0.6 is 54.8 Å². The molecule has 2 heterocycles. The Hall–Kier alpha value is -0.560. The predicted octanol–water partition coefficient (Wildman–Crippen LogP) is 4.80. The van der Waals surface area contributed by atoms with Crippen LogP contribution in [0.15, 0.2) is 43.6 Å². The highest BCUT2D eigenvalue weighted by Gasteiger charge is 2.30. The molecule has 0 saturated carbocycles. The second-order valence-corrected chi connectivity index (χ2v) is 7.47. The van der Waals surface area contributed by atoms with Crippen LogP contribution in [0.25, 0.3) is 0 Å². The third-order valence-corrected chi connectivity index (χ3v) is 6.09. The number of halogens is 3. The Bertz CT molecular complexity index is 686. The second-order valence-electron chi connectivity index (χ2n) is 4.35. The fourth-order valence-corrected chi connectivity index (χ4v) is 4.18. The minimum Gasteiger partial charge on any atom is -0.369 e. The van der Waals surface area contributed by atoms with E-state index < -0.39 is 0 Å². The summed E-state index contributed by atoms with van der Waals surface area (Å²) in [5.74, 6) is 0.536. The molecule has 1 aromatic heterocycles. The molecule has 0 radical (unpaired) electrons. The van der Waals surface area contributed by atoms with E-state index in [1.807, 2.05) is 23.1 Å². The molecule has 20 heavy (non-hydrogen) atoms. The first-order valence-corrected chi connectivity index (χ1v) is 8.69. The van der Waals surface area contributed by atoms with Gasteiger partial charge in [-0.2, -0.15) is 0 Å². The monoisotopic (exact) mass is 433 g/mol. The molecular weight excluding hydrogens is 425 g/mol. The fourth-order valence-electron chi connectivity index (χ4n) is 2.16. The number of thiophene rings is 1. The molecule has 2 N–H and O–H groups in total. The van der Waals surface area contributed by atoms with Gasteiger partial charge in [0.2, 0.25) is 0 Å². The lowest BCUT2D eigenvalue weighted by Gasteiger charge is -2.25. The Labute approximate surface area is 142 Å². The molecule has 0 amide bonds. The summed E-state index contributed by atoms with van der Waals surface area (Å²) in [7, 11) is 0. The molecule has 1 atom stereocenters. The minimum absolute atomic E-state index is 0.138. The summed E-state index contributed by atoms with van der Waals surface area (Å²) >= 11 is 14.7. The zero-order valence-corrected chi connectivity index (χ0v) is 14.9. The highest BCUT2D eigenvalue weighted by Crippen LogP contribution is 2.37. The standard InChI is InChI=1S/C13H10Br2ClN3S/c14-7-3-12(20-6-7)11-5-18-13(17)19(11)8-1-2-10(16)9(15)4-8/h1-4,6,11H,5H2,(H2,17,18). The van der Waals surface area contributed by atoms with Crippen molar-refractivity contribution < 1.29 is 0 Å². The van der Waals surface area contributed by atoms with E-state index in [2.05, 4.69) is 48.3 Å². The van der Waals surface area contributed by atoms with Crippen LogP contribution < -0.4 is 10.6 Å². The van der Waals surface area contributed by atoms with Gasteiger partial charge in [0.1, 0.15) is 0 Å². The Morgan fingerprint density at radius 2 is 2.15 bits per heavy atom. The van der Waals surface area contributed by atoms with E-state index >= 15 is 0 Å². The molecule has 0 aliphatic carbocycles. The maximum Gasteiger partial charge on any atom is 0.196 e. The molecule has 2 aromatic rings. The summed E-state index contributed by atoms with van der Waals surface area (Å²) in [6.07, 6.45) is 0. The molecule has 3 rings (SSSR count). The van der Waals surface area contributed by atoms with Crippen molar-refractivity contribution in [1.29, 1.82) is 0 Å². The number of aliphatic imine (C=N–C) groups is 1. The van der Waals surface area contributed by atoms with Gasteiger partial charge in [0.05, 0.1) is 17.6 Å². The average Bonchev–Trinajstić information content (AvgIpc) is 2.99. The largest absolute Gasteiger partial charge is 0.369 e. The van der Waals surface area contributed by atoms with Crippen molar-refractivity contribution >= 4 is 66.4 Å². The molecule has 1 aromatic carbocycles. The molecule has 0 saturated heterocycles. The number of benzene rings is 1. The van der Waals surface area contributed by atoms with Crippen molar-refractivity contribution in [3.63, 3.8) is 0 Å². The van der Waals surface area contributed by atoms with Gasteiger partial charge in [-0.15, -0.1) is 11.3 Å². The van der Waals surface area contributed by atoms with Crippen LogP contribution in [0.5, 0.6) is 0 Å². The van der Waals surface area contributed by atoms with E-state index in [1.54, 1.807) is 11.3 Å². The van der Waals surface area contributed by atoms with Gasteiger partial charge in [0.15, 0.2) is 5.96 Å². The van der Waals surface area contributed by atoms with Crippen molar-refractivity contribution in [1.82, 2.24) is 0 Å². The number of guanidine groups is 1. The molecular formula is C13H10Br2ClN3S. The molecule has 0 fully saturated rings. The highest BCUT2D eigenvalue weighted by atomic mass is 79.9. The topological polar surface area (TPSA) is 41.6 Å². The highest BCUT2D eigenvalue weighted by molar-refractivity contribution is 9.10. The van der Waals surface area contributed by atoms with E-state index in [-0.39, 0.29) is 6.04 Å². The molecule has 1 unspecified atom stereocenters. The van der Waals surface area contributed by atoms with Gasteiger partial charge < -0.3 is 10.6 Å². The van der Waals surface area contributed by atoms with Crippen LogP contribution in [0.2, 0.25) is 5.02 Å². The van der Waals surface area contributed by atoms with E-state index in [9.17, 15) is 0 Å². The van der Waals surface area contributed by atoms with Crippen molar-refractivity contribution in [3.8, 4) is 0 Å². The van der Waals surface area contributed by atoms with Crippen LogP contribution in [0.1, 0.15) is 10.9 Å². The van der Waals surface area contributed by atoms with E-state index in [4.69, 9.17) is 17.3 Å². The molecule has 104 valence electrons. The average molecular weight is 436 g/mol. The third kappa shape index (κ3) is 2.62. The van der Waals surface area contributed by atoms with Crippen LogP contribution in [0.4, 0.5) is 5.69 Å². The van der Waals surface area contributed by atoms with Crippen LogP contribution in [0.3, 0.4) is 0 Å². The number of hydrogen-bond acceptors (Lipinski definition) is 4. The number of hydrogen-bond donors (Lipinski definition) is 1. The number of rotatable bonds is 2. The van der Waals surface area contributed by atoms with Gasteiger partial charge in [0, 0.05) is 24.9 Å². The smallest absolute Gasteiger partial charge is 0.196 e. The number of nitrogens with two attached hydrogens (primary N) is 1. The van der Waals surface area contributed by atoms with E-state index in [0.717, 1.165) is 14.6 Å². The zero-order chi connectivity index (χ0) is 14.3. The number of anilines is 1. The van der Waals surface area contributed by atoms with Gasteiger partial charge >= 0.3 is 0 Å². The van der Waals surface area contributed by atoms with Gasteiger partial charge in [0.25, 0.3) is 0 Å². The summed E-state index contributed by atoms with van der Waals surface area (Å²) in [5.41, 5.74) is 7.04. The predicted molar refractivity (Wildman–Crippen MR) is 92.9 cm³/mol. The molecule has 3 nitrogen and oxygen atoms in total. The lowest BCUT2D eigenvalue weighted by atomic mass is 10.2. The Kier molecular flexibility index (Phi) is 4.08. The minimum atomic E-state index is 0.138. The fraction of sp³-hybridized carbons (Fsp3) is 0.154. The maximum absolute atomic E-state index is 6.05. The van der Waals surface area contributed by atoms with Crippen LogP contribution in [-0.4, -0.2) is 12.5 Å². The molecule has 0 spiro atoms. The zero-order valence-electron chi connectivity index (χ0n) is 10.2. The lowest BCUT2D eigenvalue weighted by Crippen LogP contribution is -2.35. The van der Waals surface area contributed by atoms with Gasteiger partial charge in [-0.1, -0.05) is 11.6 Å². The maximum atomic E-state index is 6.05. The molecule has 7 heteroatoms. The lowest BCUT2D eigenvalue weighted by molar-refractivity contribution is 0.784. The first kappa shape index (κ1) is 14.4. The van der Waals surface area contributed by atoms with Crippen molar-refractivity contribution in [2.24, 2.45) is 10.7 Å². The first-order valence-electron chi connectivity index (χ1n) is 5.84. The van der Waals surface area contributed by atoms with Crippen molar-refractivity contribution in [2.75, 3.05) is 11.4 Å². The third-order valence-electron chi connectivity index (χ3n) is 3.08. The van der Waals surface area contributed by atoms with Gasteiger partial charge in [-0.05, 0) is 56.1 Å². The molecule has 1 aliphatic rings. The SMILES string of the molecule is NC1=NCC(c2cc(Br)cs2)N1c1ccc(Cl)c(Br)c1. The Morgan fingerprint density at radius 1 is 1.35 bits per heavy atom. The van der Waals surface area contributed by atoms with E-state index in [1.165, 1.54) is 4.88 Å². The summed E-state index contributed by atoms with van der Waals surface area (Å²) < 4.78 is 1.93. The van der Waals surface area contributed by atoms with Crippen molar-refractivity contribution in [3.05, 3.63) is 48.5 Å². The summed E-state index contributed by atoms with van der Waals surface area (Å²) in [4.78, 5) is 7.65. The number of nitrogens with zero attached hydrogens (tertiary/aromatic N) is 2. The first-order chi connectivity index (χ1) is 9.56. The van der Waals surface area contributed by atoms with Gasteiger partial charge in [-0.3, -0.25) is 4.99 Å².